The molecule has 1 spiro atoms. The zero-order chi connectivity index (χ0) is 12.6. The van der Waals surface area contributed by atoms with Crippen LogP contribution in [0.4, 0.5) is 5.69 Å². The average molecular weight is 245 g/mol. The minimum absolute atomic E-state index is 0.433. The molecule has 1 saturated carbocycles. The van der Waals surface area contributed by atoms with Gasteiger partial charge in [-0.25, -0.2) is 4.79 Å². The number of carboxylic acids is 1. The molecule has 2 fully saturated rings. The second kappa shape index (κ2) is 4.30. The molecule has 3 rings (SSSR count). The summed E-state index contributed by atoms with van der Waals surface area (Å²) in [5, 5.41) is 9.21. The van der Waals surface area contributed by atoms with Crippen LogP contribution in [0.3, 0.4) is 0 Å². The van der Waals surface area contributed by atoms with E-state index in [0.717, 1.165) is 18.8 Å². The third kappa shape index (κ3) is 1.88. The first-order valence-corrected chi connectivity index (χ1v) is 6.78. The molecule has 96 valence electrons. The Kier molecular flexibility index (Phi) is 2.77. The molecule has 1 aliphatic carbocycles. The van der Waals surface area contributed by atoms with Crippen molar-refractivity contribution in [2.45, 2.75) is 32.1 Å². The molecule has 0 aromatic heterocycles. The lowest BCUT2D eigenvalue weighted by Crippen LogP contribution is -2.57. The molecule has 0 unspecified atom stereocenters. The van der Waals surface area contributed by atoms with E-state index in [1.54, 1.807) is 12.1 Å². The van der Waals surface area contributed by atoms with Crippen LogP contribution in [0.1, 0.15) is 42.5 Å². The van der Waals surface area contributed by atoms with Gasteiger partial charge in [-0.05, 0) is 25.0 Å². The Bertz CT molecular complexity index is 455. The van der Waals surface area contributed by atoms with Crippen molar-refractivity contribution in [2.24, 2.45) is 5.41 Å². The van der Waals surface area contributed by atoms with Crippen molar-refractivity contribution in [1.29, 1.82) is 0 Å². The molecule has 1 N–H and O–H groups in total. The van der Waals surface area contributed by atoms with Crippen LogP contribution in [0, 0.1) is 5.41 Å². The third-order valence-corrected chi connectivity index (χ3v) is 4.44. The van der Waals surface area contributed by atoms with E-state index in [1.807, 2.05) is 12.1 Å². The number of carboxylic acid groups (broad SMARTS) is 1. The summed E-state index contributed by atoms with van der Waals surface area (Å²) in [4.78, 5) is 13.4. The number of benzene rings is 1. The molecule has 0 radical (unpaired) electrons. The van der Waals surface area contributed by atoms with Crippen molar-refractivity contribution in [3.8, 4) is 0 Å². The normalized spacial score (nSPS) is 21.7. The van der Waals surface area contributed by atoms with E-state index >= 15 is 0 Å². The Morgan fingerprint density at radius 1 is 1.11 bits per heavy atom. The quantitative estimate of drug-likeness (QED) is 0.870. The van der Waals surface area contributed by atoms with Crippen molar-refractivity contribution >= 4 is 11.7 Å². The summed E-state index contributed by atoms with van der Waals surface area (Å²) < 4.78 is 0. The molecule has 18 heavy (non-hydrogen) atoms. The number of hydrogen-bond donors (Lipinski definition) is 1. The Morgan fingerprint density at radius 2 is 1.78 bits per heavy atom. The van der Waals surface area contributed by atoms with E-state index in [4.69, 9.17) is 0 Å². The molecule has 2 aliphatic rings. The predicted molar refractivity (Wildman–Crippen MR) is 71.1 cm³/mol. The van der Waals surface area contributed by atoms with E-state index in [0.29, 0.717) is 11.0 Å². The van der Waals surface area contributed by atoms with Gasteiger partial charge >= 0.3 is 5.97 Å². The average Bonchev–Trinajstić information content (AvgIpc) is 2.37. The van der Waals surface area contributed by atoms with Crippen LogP contribution >= 0.6 is 0 Å². The van der Waals surface area contributed by atoms with Crippen molar-refractivity contribution < 1.29 is 9.90 Å². The van der Waals surface area contributed by atoms with Gasteiger partial charge in [-0.1, -0.05) is 31.4 Å². The van der Waals surface area contributed by atoms with Gasteiger partial charge in [0, 0.05) is 18.5 Å². The van der Waals surface area contributed by atoms with Gasteiger partial charge < -0.3 is 10.0 Å². The monoisotopic (exact) mass is 245 g/mol. The fourth-order valence-electron chi connectivity index (χ4n) is 3.48. The first-order valence-electron chi connectivity index (χ1n) is 6.78. The lowest BCUT2D eigenvalue weighted by atomic mass is 9.68. The van der Waals surface area contributed by atoms with Gasteiger partial charge in [0.25, 0.3) is 0 Å². The predicted octanol–water partition coefficient (Wildman–Crippen LogP) is 3.16. The van der Waals surface area contributed by atoms with Crippen LogP contribution in [0.2, 0.25) is 0 Å². The van der Waals surface area contributed by atoms with E-state index in [2.05, 4.69) is 4.90 Å². The summed E-state index contributed by atoms with van der Waals surface area (Å²) >= 11 is 0. The standard InChI is InChI=1S/C15H19NO2/c17-14(18)12-6-2-3-7-13(12)16-10-15(11-16)8-4-1-5-9-15/h2-3,6-7H,1,4-5,8-11H2,(H,17,18). The molecule has 1 aromatic rings. The topological polar surface area (TPSA) is 40.5 Å². The van der Waals surface area contributed by atoms with Gasteiger partial charge in [0.05, 0.1) is 11.3 Å². The number of anilines is 1. The van der Waals surface area contributed by atoms with Gasteiger partial charge in [-0.2, -0.15) is 0 Å². The van der Waals surface area contributed by atoms with Gasteiger partial charge in [0.2, 0.25) is 0 Å². The van der Waals surface area contributed by atoms with E-state index in [1.165, 1.54) is 32.1 Å². The maximum absolute atomic E-state index is 11.2. The largest absolute Gasteiger partial charge is 0.478 e. The van der Waals surface area contributed by atoms with Crippen LogP contribution in [0.5, 0.6) is 0 Å². The number of para-hydroxylation sites is 1. The smallest absolute Gasteiger partial charge is 0.337 e. The number of hydrogen-bond acceptors (Lipinski definition) is 2. The van der Waals surface area contributed by atoms with Gasteiger partial charge in [-0.3, -0.25) is 0 Å². The third-order valence-electron chi connectivity index (χ3n) is 4.44. The second-order valence-corrected chi connectivity index (χ2v) is 5.74. The van der Waals surface area contributed by atoms with E-state index in [-0.39, 0.29) is 0 Å². The van der Waals surface area contributed by atoms with E-state index < -0.39 is 5.97 Å². The summed E-state index contributed by atoms with van der Waals surface area (Å²) in [7, 11) is 0. The van der Waals surface area contributed by atoms with Crippen LogP contribution in [-0.4, -0.2) is 24.2 Å². The fraction of sp³-hybridized carbons (Fsp3) is 0.533. The molecule has 1 saturated heterocycles. The Hall–Kier alpha value is -1.51. The lowest BCUT2D eigenvalue weighted by Gasteiger charge is -2.53. The zero-order valence-corrected chi connectivity index (χ0v) is 10.6. The second-order valence-electron chi connectivity index (χ2n) is 5.74. The molecule has 1 aliphatic heterocycles. The highest BCUT2D eigenvalue weighted by molar-refractivity contribution is 5.94. The maximum Gasteiger partial charge on any atom is 0.337 e. The molecular formula is C15H19NO2. The van der Waals surface area contributed by atoms with Crippen molar-refractivity contribution in [1.82, 2.24) is 0 Å². The molecule has 1 aromatic carbocycles. The fourth-order valence-corrected chi connectivity index (χ4v) is 3.48. The zero-order valence-electron chi connectivity index (χ0n) is 10.6. The van der Waals surface area contributed by atoms with Crippen LogP contribution in [-0.2, 0) is 0 Å². The molecule has 0 bridgehead atoms. The molecule has 0 atom stereocenters. The number of aromatic carboxylic acids is 1. The first kappa shape index (κ1) is 11.6. The summed E-state index contributed by atoms with van der Waals surface area (Å²) in [6.45, 7) is 2.08. The number of nitrogens with zero attached hydrogens (tertiary/aromatic N) is 1. The minimum atomic E-state index is -0.824. The van der Waals surface area contributed by atoms with Crippen molar-refractivity contribution in [2.75, 3.05) is 18.0 Å². The van der Waals surface area contributed by atoms with Crippen molar-refractivity contribution in [3.05, 3.63) is 29.8 Å². The summed E-state index contributed by atoms with van der Waals surface area (Å²) in [5.74, 6) is -0.824. The Labute approximate surface area is 107 Å². The number of rotatable bonds is 2. The van der Waals surface area contributed by atoms with Crippen LogP contribution in [0.25, 0.3) is 0 Å². The highest BCUT2D eigenvalue weighted by atomic mass is 16.4. The molecule has 3 nitrogen and oxygen atoms in total. The Morgan fingerprint density at radius 3 is 2.44 bits per heavy atom. The van der Waals surface area contributed by atoms with Gasteiger partial charge in [0.15, 0.2) is 0 Å². The summed E-state index contributed by atoms with van der Waals surface area (Å²) in [6, 6.07) is 7.35. The van der Waals surface area contributed by atoms with Crippen LogP contribution in [0.15, 0.2) is 24.3 Å². The lowest BCUT2D eigenvalue weighted by molar-refractivity contribution is 0.0695. The van der Waals surface area contributed by atoms with Crippen molar-refractivity contribution in [3.63, 3.8) is 0 Å². The number of carbonyl (C=O) groups is 1. The molecule has 1 heterocycles. The summed E-state index contributed by atoms with van der Waals surface area (Å²) in [6.07, 6.45) is 6.69. The maximum atomic E-state index is 11.2. The molecule has 3 heteroatoms. The SMILES string of the molecule is O=C(O)c1ccccc1N1CC2(CCCCC2)C1. The van der Waals surface area contributed by atoms with E-state index in [9.17, 15) is 9.90 Å². The minimum Gasteiger partial charge on any atom is -0.478 e. The molecule has 0 amide bonds. The highest BCUT2D eigenvalue weighted by Gasteiger charge is 2.44. The van der Waals surface area contributed by atoms with Gasteiger partial charge in [0.1, 0.15) is 0 Å². The van der Waals surface area contributed by atoms with Gasteiger partial charge in [-0.15, -0.1) is 0 Å². The summed E-state index contributed by atoms with van der Waals surface area (Å²) in [5.41, 5.74) is 1.81. The molecular weight excluding hydrogens is 226 g/mol. The van der Waals surface area contributed by atoms with Crippen LogP contribution < -0.4 is 4.90 Å². The first-order chi connectivity index (χ1) is 8.70. The highest BCUT2D eigenvalue weighted by Crippen LogP contribution is 2.45. The Balaban J connectivity index is 1.76.